The zero-order valence-corrected chi connectivity index (χ0v) is 10.4. The lowest BCUT2D eigenvalue weighted by Crippen LogP contribution is -2.18. The molecule has 1 heterocycles. The Morgan fingerprint density at radius 2 is 2.19 bits per heavy atom. The molecule has 0 aromatic carbocycles. The van der Waals surface area contributed by atoms with E-state index in [9.17, 15) is 0 Å². The van der Waals surface area contributed by atoms with Crippen molar-refractivity contribution in [2.45, 2.75) is 33.2 Å². The standard InChI is InChI=1S/C11H19N5/c1-5-8(3)16-10(13)9(7-12)11(14-16)15(4)6-2/h8H,5-6,13H2,1-4H3. The molecule has 0 amide bonds. The normalized spacial score (nSPS) is 12.2. The molecule has 5 nitrogen and oxygen atoms in total. The number of hydrogen-bond acceptors (Lipinski definition) is 4. The van der Waals surface area contributed by atoms with E-state index in [1.807, 2.05) is 25.8 Å². The van der Waals surface area contributed by atoms with E-state index in [2.05, 4.69) is 18.1 Å². The van der Waals surface area contributed by atoms with Crippen LogP contribution >= 0.6 is 0 Å². The third kappa shape index (κ3) is 1.96. The van der Waals surface area contributed by atoms with Crippen molar-refractivity contribution in [1.82, 2.24) is 9.78 Å². The molecule has 1 unspecified atom stereocenters. The highest BCUT2D eigenvalue weighted by atomic mass is 15.4. The topological polar surface area (TPSA) is 70.9 Å². The summed E-state index contributed by atoms with van der Waals surface area (Å²) in [6.45, 7) is 6.92. The molecular weight excluding hydrogens is 202 g/mol. The summed E-state index contributed by atoms with van der Waals surface area (Å²) in [5.74, 6) is 1.13. The Morgan fingerprint density at radius 3 is 2.62 bits per heavy atom. The zero-order valence-electron chi connectivity index (χ0n) is 10.4. The number of nitrogens with two attached hydrogens (primary N) is 1. The summed E-state index contributed by atoms with van der Waals surface area (Å²) in [5, 5.41) is 13.5. The van der Waals surface area contributed by atoms with Gasteiger partial charge in [0.25, 0.3) is 0 Å². The molecule has 0 aliphatic carbocycles. The first kappa shape index (κ1) is 12.4. The van der Waals surface area contributed by atoms with Crippen LogP contribution in [0.4, 0.5) is 11.6 Å². The fourth-order valence-electron chi connectivity index (χ4n) is 1.47. The molecule has 5 heteroatoms. The molecular formula is C11H19N5. The van der Waals surface area contributed by atoms with E-state index < -0.39 is 0 Å². The van der Waals surface area contributed by atoms with Crippen LogP contribution in [0.15, 0.2) is 0 Å². The van der Waals surface area contributed by atoms with Gasteiger partial charge in [-0.3, -0.25) is 0 Å². The summed E-state index contributed by atoms with van der Waals surface area (Å²) >= 11 is 0. The zero-order chi connectivity index (χ0) is 12.3. The second-order valence-corrected chi connectivity index (χ2v) is 3.91. The van der Waals surface area contributed by atoms with Crippen LogP contribution < -0.4 is 10.6 Å². The first-order valence-electron chi connectivity index (χ1n) is 5.55. The highest BCUT2D eigenvalue weighted by Crippen LogP contribution is 2.26. The van der Waals surface area contributed by atoms with E-state index in [4.69, 9.17) is 11.0 Å². The van der Waals surface area contributed by atoms with Crippen LogP contribution in [0, 0.1) is 11.3 Å². The van der Waals surface area contributed by atoms with Gasteiger partial charge >= 0.3 is 0 Å². The SMILES string of the molecule is CCC(C)n1nc(N(C)CC)c(C#N)c1N. The molecule has 0 fully saturated rings. The van der Waals surface area contributed by atoms with E-state index in [1.54, 1.807) is 4.68 Å². The van der Waals surface area contributed by atoms with Crippen LogP contribution in [0.2, 0.25) is 0 Å². The Hall–Kier alpha value is -1.70. The molecule has 1 aromatic rings. The van der Waals surface area contributed by atoms with Crippen molar-refractivity contribution in [3.8, 4) is 6.07 Å². The number of hydrogen-bond donors (Lipinski definition) is 1. The van der Waals surface area contributed by atoms with Crippen molar-refractivity contribution in [3.63, 3.8) is 0 Å². The summed E-state index contributed by atoms with van der Waals surface area (Å²) < 4.78 is 1.74. The molecule has 0 spiro atoms. The maximum Gasteiger partial charge on any atom is 0.170 e. The van der Waals surface area contributed by atoms with Crippen LogP contribution in [-0.4, -0.2) is 23.4 Å². The molecule has 16 heavy (non-hydrogen) atoms. The minimum absolute atomic E-state index is 0.214. The highest BCUT2D eigenvalue weighted by Gasteiger charge is 2.19. The molecule has 0 saturated heterocycles. The lowest BCUT2D eigenvalue weighted by atomic mass is 10.2. The van der Waals surface area contributed by atoms with Crippen LogP contribution in [0.1, 0.15) is 38.8 Å². The fourth-order valence-corrected chi connectivity index (χ4v) is 1.47. The second-order valence-electron chi connectivity index (χ2n) is 3.91. The summed E-state index contributed by atoms with van der Waals surface area (Å²) in [5.41, 5.74) is 6.41. The minimum Gasteiger partial charge on any atom is -0.383 e. The van der Waals surface area contributed by atoms with Crippen molar-refractivity contribution in [2.24, 2.45) is 0 Å². The van der Waals surface area contributed by atoms with Gasteiger partial charge in [-0.05, 0) is 20.3 Å². The Kier molecular flexibility index (Phi) is 3.78. The van der Waals surface area contributed by atoms with E-state index in [-0.39, 0.29) is 6.04 Å². The minimum atomic E-state index is 0.214. The predicted octanol–water partition coefficient (Wildman–Crippen LogP) is 1.76. The van der Waals surface area contributed by atoms with E-state index in [0.29, 0.717) is 17.2 Å². The molecule has 0 saturated carbocycles. The number of nitriles is 1. The molecule has 88 valence electrons. The smallest absolute Gasteiger partial charge is 0.170 e. The van der Waals surface area contributed by atoms with Crippen molar-refractivity contribution in [3.05, 3.63) is 5.56 Å². The summed E-state index contributed by atoms with van der Waals surface area (Å²) in [4.78, 5) is 1.92. The van der Waals surface area contributed by atoms with Crippen molar-refractivity contribution in [2.75, 3.05) is 24.2 Å². The monoisotopic (exact) mass is 221 g/mol. The quantitative estimate of drug-likeness (QED) is 0.841. The van der Waals surface area contributed by atoms with E-state index in [1.165, 1.54) is 0 Å². The predicted molar refractivity (Wildman–Crippen MR) is 65.3 cm³/mol. The van der Waals surface area contributed by atoms with Gasteiger partial charge in [0.15, 0.2) is 5.82 Å². The Labute approximate surface area is 96.5 Å². The molecule has 0 bridgehead atoms. The number of nitrogen functional groups attached to an aromatic ring is 1. The lowest BCUT2D eigenvalue weighted by Gasteiger charge is -2.13. The molecule has 0 aliphatic heterocycles. The number of anilines is 2. The maximum absolute atomic E-state index is 9.10. The molecule has 1 aromatic heterocycles. The van der Waals surface area contributed by atoms with Gasteiger partial charge in [-0.2, -0.15) is 10.4 Å². The van der Waals surface area contributed by atoms with Crippen LogP contribution in [0.25, 0.3) is 0 Å². The van der Waals surface area contributed by atoms with Gasteiger partial charge < -0.3 is 10.6 Å². The van der Waals surface area contributed by atoms with Gasteiger partial charge in [0.1, 0.15) is 17.5 Å². The van der Waals surface area contributed by atoms with Gasteiger partial charge in [-0.15, -0.1) is 0 Å². The maximum atomic E-state index is 9.10. The first-order chi connectivity index (χ1) is 7.56. The van der Waals surface area contributed by atoms with Gasteiger partial charge in [0, 0.05) is 13.6 Å². The Bertz CT molecular complexity index is 401. The summed E-state index contributed by atoms with van der Waals surface area (Å²) in [6, 6.07) is 2.34. The second kappa shape index (κ2) is 4.88. The number of nitrogens with zero attached hydrogens (tertiary/aromatic N) is 4. The number of aromatic nitrogens is 2. The molecule has 1 atom stereocenters. The molecule has 2 N–H and O–H groups in total. The van der Waals surface area contributed by atoms with Gasteiger partial charge in [-0.1, -0.05) is 6.92 Å². The van der Waals surface area contributed by atoms with Gasteiger partial charge in [0.2, 0.25) is 0 Å². The van der Waals surface area contributed by atoms with Gasteiger partial charge in [0.05, 0.1) is 6.04 Å². The summed E-state index contributed by atoms with van der Waals surface area (Å²) in [7, 11) is 1.91. The Balaban J connectivity index is 3.26. The molecule has 0 radical (unpaired) electrons. The third-order valence-corrected chi connectivity index (χ3v) is 2.89. The Morgan fingerprint density at radius 1 is 1.56 bits per heavy atom. The van der Waals surface area contributed by atoms with Crippen molar-refractivity contribution < 1.29 is 0 Å². The van der Waals surface area contributed by atoms with Crippen LogP contribution in [0.5, 0.6) is 0 Å². The molecule has 1 rings (SSSR count). The van der Waals surface area contributed by atoms with Crippen molar-refractivity contribution in [1.29, 1.82) is 5.26 Å². The average Bonchev–Trinajstić information content (AvgIpc) is 2.64. The first-order valence-corrected chi connectivity index (χ1v) is 5.55. The average molecular weight is 221 g/mol. The fraction of sp³-hybridized carbons (Fsp3) is 0.636. The van der Waals surface area contributed by atoms with Crippen LogP contribution in [0.3, 0.4) is 0 Å². The third-order valence-electron chi connectivity index (χ3n) is 2.89. The summed E-state index contributed by atoms with van der Waals surface area (Å²) in [6.07, 6.45) is 0.937. The van der Waals surface area contributed by atoms with Gasteiger partial charge in [-0.25, -0.2) is 4.68 Å². The highest BCUT2D eigenvalue weighted by molar-refractivity contribution is 5.64. The van der Waals surface area contributed by atoms with E-state index >= 15 is 0 Å². The van der Waals surface area contributed by atoms with Crippen LogP contribution in [-0.2, 0) is 0 Å². The van der Waals surface area contributed by atoms with Crippen molar-refractivity contribution >= 4 is 11.6 Å². The number of rotatable bonds is 4. The van der Waals surface area contributed by atoms with E-state index in [0.717, 1.165) is 13.0 Å². The lowest BCUT2D eigenvalue weighted by molar-refractivity contribution is 0.484. The largest absolute Gasteiger partial charge is 0.383 e. The molecule has 0 aliphatic rings.